The summed E-state index contributed by atoms with van der Waals surface area (Å²) in [5.41, 5.74) is 0. The third-order valence-corrected chi connectivity index (χ3v) is 4.39. The molecular formula is C16H31N3O. The summed E-state index contributed by atoms with van der Waals surface area (Å²) in [6.45, 7) is 9.11. The van der Waals surface area contributed by atoms with E-state index in [1.165, 1.54) is 32.2 Å². The fourth-order valence-corrected chi connectivity index (χ4v) is 2.73. The molecule has 0 aromatic heterocycles. The summed E-state index contributed by atoms with van der Waals surface area (Å²) in [4.78, 5) is 14.1. The number of carbonyl (C=O) groups is 1. The Hall–Kier alpha value is -0.610. The Kier molecular flexibility index (Phi) is 6.30. The highest BCUT2D eigenvalue weighted by Crippen LogP contribution is 2.21. The molecule has 0 radical (unpaired) electrons. The van der Waals surface area contributed by atoms with Crippen molar-refractivity contribution in [2.45, 2.75) is 52.0 Å². The van der Waals surface area contributed by atoms with Crippen molar-refractivity contribution < 1.29 is 4.79 Å². The number of nitrogens with one attached hydrogen (secondary N) is 2. The molecule has 1 amide bonds. The highest BCUT2D eigenvalue weighted by Gasteiger charge is 2.24. The molecule has 1 heterocycles. The third-order valence-electron chi connectivity index (χ3n) is 4.39. The molecule has 20 heavy (non-hydrogen) atoms. The summed E-state index contributed by atoms with van der Waals surface area (Å²) in [6, 6.07) is 0.819. The molecule has 4 heteroatoms. The minimum absolute atomic E-state index is 0.195. The van der Waals surface area contributed by atoms with Crippen molar-refractivity contribution in [2.75, 3.05) is 32.7 Å². The monoisotopic (exact) mass is 281 g/mol. The average molecular weight is 281 g/mol. The summed E-state index contributed by atoms with van der Waals surface area (Å²) >= 11 is 0. The number of likely N-dealkylation sites (tertiary alicyclic amines) is 1. The van der Waals surface area contributed by atoms with Crippen LogP contribution >= 0.6 is 0 Å². The van der Waals surface area contributed by atoms with E-state index in [1.807, 2.05) is 0 Å². The molecule has 2 aliphatic rings. The minimum Gasteiger partial charge on any atom is -0.355 e. The van der Waals surface area contributed by atoms with Gasteiger partial charge in [-0.1, -0.05) is 13.8 Å². The molecule has 4 nitrogen and oxygen atoms in total. The van der Waals surface area contributed by atoms with Gasteiger partial charge < -0.3 is 10.6 Å². The normalized spacial score (nSPS) is 21.4. The number of carbonyl (C=O) groups excluding carboxylic acids is 1. The Labute approximate surface area is 123 Å². The second kappa shape index (κ2) is 7.99. The zero-order valence-electron chi connectivity index (χ0n) is 13.2. The third kappa shape index (κ3) is 6.23. The predicted molar refractivity (Wildman–Crippen MR) is 82.7 cm³/mol. The number of rotatable bonds is 8. The van der Waals surface area contributed by atoms with Gasteiger partial charge in [-0.25, -0.2) is 0 Å². The van der Waals surface area contributed by atoms with Crippen LogP contribution in [-0.4, -0.2) is 49.6 Å². The van der Waals surface area contributed by atoms with Crippen LogP contribution in [0, 0.1) is 11.8 Å². The number of amides is 1. The van der Waals surface area contributed by atoms with Crippen LogP contribution in [0.5, 0.6) is 0 Å². The van der Waals surface area contributed by atoms with Crippen molar-refractivity contribution in [3.05, 3.63) is 0 Å². The second-order valence-corrected chi connectivity index (χ2v) is 6.93. The van der Waals surface area contributed by atoms with Gasteiger partial charge in [0.05, 0.1) is 6.54 Å². The molecule has 0 unspecified atom stereocenters. The summed E-state index contributed by atoms with van der Waals surface area (Å²) < 4.78 is 0. The van der Waals surface area contributed by atoms with Gasteiger partial charge in [-0.2, -0.15) is 0 Å². The van der Waals surface area contributed by atoms with E-state index in [0.29, 0.717) is 12.5 Å². The Bertz CT molecular complexity index is 294. The molecule has 0 spiro atoms. The number of nitrogens with zero attached hydrogens (tertiary/aromatic N) is 1. The van der Waals surface area contributed by atoms with E-state index in [2.05, 4.69) is 29.4 Å². The van der Waals surface area contributed by atoms with Crippen LogP contribution in [0.25, 0.3) is 0 Å². The maximum absolute atomic E-state index is 11.8. The fraction of sp³-hybridized carbons (Fsp3) is 0.938. The van der Waals surface area contributed by atoms with Crippen molar-refractivity contribution >= 4 is 5.91 Å². The lowest BCUT2D eigenvalue weighted by Crippen LogP contribution is -2.43. The molecule has 0 bridgehead atoms. The first kappa shape index (κ1) is 15.8. The quantitative estimate of drug-likeness (QED) is 0.710. The van der Waals surface area contributed by atoms with Gasteiger partial charge in [0.25, 0.3) is 0 Å². The van der Waals surface area contributed by atoms with Crippen molar-refractivity contribution in [2.24, 2.45) is 11.8 Å². The summed E-state index contributed by atoms with van der Waals surface area (Å²) in [5.74, 6) is 1.67. The Morgan fingerprint density at radius 2 is 1.90 bits per heavy atom. The molecule has 1 aliphatic carbocycles. The summed E-state index contributed by atoms with van der Waals surface area (Å²) in [7, 11) is 0. The Morgan fingerprint density at radius 1 is 1.20 bits per heavy atom. The summed E-state index contributed by atoms with van der Waals surface area (Å²) in [5, 5.41) is 6.65. The first-order chi connectivity index (χ1) is 9.63. The summed E-state index contributed by atoms with van der Waals surface area (Å²) in [6.07, 6.45) is 6.28. The molecule has 116 valence electrons. The minimum atomic E-state index is 0.195. The van der Waals surface area contributed by atoms with E-state index in [9.17, 15) is 4.79 Å². The first-order valence-corrected chi connectivity index (χ1v) is 8.36. The second-order valence-electron chi connectivity index (χ2n) is 6.93. The van der Waals surface area contributed by atoms with E-state index < -0.39 is 0 Å². The molecule has 1 saturated heterocycles. The van der Waals surface area contributed by atoms with Crippen LogP contribution in [0.4, 0.5) is 0 Å². The number of hydrogen-bond acceptors (Lipinski definition) is 3. The maximum Gasteiger partial charge on any atom is 0.234 e. The van der Waals surface area contributed by atoms with Crippen molar-refractivity contribution in [3.8, 4) is 0 Å². The van der Waals surface area contributed by atoms with Crippen LogP contribution < -0.4 is 10.6 Å². The van der Waals surface area contributed by atoms with E-state index >= 15 is 0 Å². The van der Waals surface area contributed by atoms with E-state index in [1.54, 1.807) is 0 Å². The highest BCUT2D eigenvalue weighted by atomic mass is 16.2. The molecule has 2 N–H and O–H groups in total. The molecule has 0 atom stereocenters. The van der Waals surface area contributed by atoms with Gasteiger partial charge in [0.1, 0.15) is 0 Å². The van der Waals surface area contributed by atoms with Crippen molar-refractivity contribution in [3.63, 3.8) is 0 Å². The zero-order chi connectivity index (χ0) is 14.4. The molecule has 1 aliphatic heterocycles. The van der Waals surface area contributed by atoms with Crippen LogP contribution in [0.2, 0.25) is 0 Å². The lowest BCUT2D eigenvalue weighted by atomic mass is 9.97. The van der Waals surface area contributed by atoms with E-state index in [-0.39, 0.29) is 5.91 Å². The van der Waals surface area contributed by atoms with Gasteiger partial charge in [-0.05, 0) is 63.6 Å². The van der Waals surface area contributed by atoms with Crippen molar-refractivity contribution in [1.82, 2.24) is 15.5 Å². The molecule has 2 rings (SSSR count). The largest absolute Gasteiger partial charge is 0.355 e. The molecule has 2 fully saturated rings. The van der Waals surface area contributed by atoms with Crippen LogP contribution in [-0.2, 0) is 4.79 Å². The average Bonchev–Trinajstić information content (AvgIpc) is 3.21. The van der Waals surface area contributed by atoms with Gasteiger partial charge in [0.2, 0.25) is 5.91 Å². The Balaban J connectivity index is 1.52. The standard InChI is InChI=1S/C16H31N3O/c1-13(2)5-8-17-16(20)12-19-9-6-14(7-10-19)11-18-15-3-4-15/h13-15,18H,3-12H2,1-2H3,(H,17,20). The van der Waals surface area contributed by atoms with E-state index in [0.717, 1.165) is 38.0 Å². The van der Waals surface area contributed by atoms with Crippen molar-refractivity contribution in [1.29, 1.82) is 0 Å². The van der Waals surface area contributed by atoms with Gasteiger partial charge in [0, 0.05) is 12.6 Å². The maximum atomic E-state index is 11.8. The van der Waals surface area contributed by atoms with Crippen LogP contribution in [0.15, 0.2) is 0 Å². The van der Waals surface area contributed by atoms with Gasteiger partial charge >= 0.3 is 0 Å². The molecule has 0 aromatic carbocycles. The van der Waals surface area contributed by atoms with Crippen LogP contribution in [0.1, 0.15) is 46.0 Å². The van der Waals surface area contributed by atoms with E-state index in [4.69, 9.17) is 0 Å². The smallest absolute Gasteiger partial charge is 0.234 e. The topological polar surface area (TPSA) is 44.4 Å². The lowest BCUT2D eigenvalue weighted by Gasteiger charge is -2.31. The highest BCUT2D eigenvalue weighted by molar-refractivity contribution is 5.77. The molecular weight excluding hydrogens is 250 g/mol. The lowest BCUT2D eigenvalue weighted by molar-refractivity contribution is -0.122. The number of piperidine rings is 1. The number of hydrogen-bond donors (Lipinski definition) is 2. The first-order valence-electron chi connectivity index (χ1n) is 8.36. The zero-order valence-corrected chi connectivity index (χ0v) is 13.2. The van der Waals surface area contributed by atoms with Gasteiger partial charge in [-0.15, -0.1) is 0 Å². The molecule has 1 saturated carbocycles. The van der Waals surface area contributed by atoms with Gasteiger partial charge in [0.15, 0.2) is 0 Å². The van der Waals surface area contributed by atoms with Crippen LogP contribution in [0.3, 0.4) is 0 Å². The Morgan fingerprint density at radius 3 is 2.50 bits per heavy atom. The SMILES string of the molecule is CC(C)CCNC(=O)CN1CCC(CNC2CC2)CC1. The van der Waals surface area contributed by atoms with Gasteiger partial charge in [-0.3, -0.25) is 9.69 Å². The fourth-order valence-electron chi connectivity index (χ4n) is 2.73. The molecule has 0 aromatic rings. The predicted octanol–water partition coefficient (Wildman–Crippen LogP) is 1.61.